The molecule has 3 heteroatoms. The van der Waals surface area contributed by atoms with Crippen molar-refractivity contribution >= 4 is 6.29 Å². The Hall–Kier alpha value is -2.03. The lowest BCUT2D eigenvalue weighted by Gasteiger charge is -2.10. The largest absolute Gasteiger partial charge is 0.497 e. The van der Waals surface area contributed by atoms with E-state index in [0.717, 1.165) is 34.7 Å². The molecule has 1 heterocycles. The molecule has 1 aromatic heterocycles. The molecule has 0 saturated carbocycles. The second-order valence-electron chi connectivity index (χ2n) is 3.98. The maximum atomic E-state index is 10.9. The van der Waals surface area contributed by atoms with E-state index in [1.54, 1.807) is 7.11 Å². The molecule has 0 fully saturated rings. The number of benzene rings is 1. The number of aryl methyl sites for hydroxylation is 1. The van der Waals surface area contributed by atoms with E-state index in [4.69, 9.17) is 4.74 Å². The van der Waals surface area contributed by atoms with Gasteiger partial charge in [-0.15, -0.1) is 0 Å². The summed E-state index contributed by atoms with van der Waals surface area (Å²) in [5, 5.41) is 0. The summed E-state index contributed by atoms with van der Waals surface area (Å²) in [5.74, 6) is 0.826. The molecule has 88 valence electrons. The van der Waals surface area contributed by atoms with E-state index in [1.165, 1.54) is 0 Å². The lowest BCUT2D eigenvalue weighted by atomic mass is 10.2. The number of aldehydes is 1. The minimum absolute atomic E-state index is 0.735. The lowest BCUT2D eigenvalue weighted by Crippen LogP contribution is -1.99. The van der Waals surface area contributed by atoms with Crippen LogP contribution >= 0.6 is 0 Å². The highest BCUT2D eigenvalue weighted by Crippen LogP contribution is 2.21. The van der Waals surface area contributed by atoms with Gasteiger partial charge in [0.1, 0.15) is 5.75 Å². The minimum Gasteiger partial charge on any atom is -0.497 e. The normalized spacial score (nSPS) is 10.3. The van der Waals surface area contributed by atoms with Gasteiger partial charge >= 0.3 is 0 Å². The molecule has 17 heavy (non-hydrogen) atoms. The van der Waals surface area contributed by atoms with Crippen molar-refractivity contribution in [3.8, 4) is 11.4 Å². The molecule has 0 aliphatic heterocycles. The number of ether oxygens (including phenoxy) is 1. The number of rotatable bonds is 3. The van der Waals surface area contributed by atoms with Crippen molar-refractivity contribution in [3.05, 3.63) is 47.3 Å². The third-order valence-corrected chi connectivity index (χ3v) is 2.93. The highest BCUT2D eigenvalue weighted by atomic mass is 16.5. The first-order valence-corrected chi connectivity index (χ1v) is 5.46. The third kappa shape index (κ3) is 1.96. The van der Waals surface area contributed by atoms with Gasteiger partial charge in [-0.25, -0.2) is 0 Å². The molecule has 0 bridgehead atoms. The Morgan fingerprint density at radius 2 is 1.82 bits per heavy atom. The van der Waals surface area contributed by atoms with Gasteiger partial charge in [0.2, 0.25) is 0 Å². The molecule has 0 unspecified atom stereocenters. The van der Waals surface area contributed by atoms with Crippen LogP contribution in [0.1, 0.15) is 21.7 Å². The zero-order chi connectivity index (χ0) is 12.4. The number of aromatic nitrogens is 1. The fraction of sp³-hybridized carbons (Fsp3) is 0.214. The van der Waals surface area contributed by atoms with E-state index in [2.05, 4.69) is 4.57 Å². The van der Waals surface area contributed by atoms with Crippen molar-refractivity contribution in [3.63, 3.8) is 0 Å². The molecule has 2 aromatic rings. The van der Waals surface area contributed by atoms with Gasteiger partial charge in [-0.3, -0.25) is 4.79 Å². The predicted molar refractivity (Wildman–Crippen MR) is 67.2 cm³/mol. The Labute approximate surface area is 101 Å². The standard InChI is InChI=1S/C14H15NO2/c1-10-8-12(9-16)11(2)15(10)13-4-6-14(17-3)7-5-13/h4-9H,1-3H3. The van der Waals surface area contributed by atoms with Crippen LogP contribution in [0.3, 0.4) is 0 Å². The SMILES string of the molecule is COc1ccc(-n2c(C)cc(C=O)c2C)cc1. The van der Waals surface area contributed by atoms with Crippen LogP contribution in [-0.2, 0) is 0 Å². The Kier molecular flexibility index (Phi) is 3.00. The van der Waals surface area contributed by atoms with Crippen molar-refractivity contribution in [2.75, 3.05) is 7.11 Å². The summed E-state index contributed by atoms with van der Waals surface area (Å²) in [6.45, 7) is 3.94. The molecule has 3 nitrogen and oxygen atoms in total. The second-order valence-corrected chi connectivity index (χ2v) is 3.98. The molecule has 1 aromatic carbocycles. The van der Waals surface area contributed by atoms with Crippen LogP contribution in [0, 0.1) is 13.8 Å². The van der Waals surface area contributed by atoms with Crippen molar-refractivity contribution < 1.29 is 9.53 Å². The number of hydrogen-bond acceptors (Lipinski definition) is 2. The molecular weight excluding hydrogens is 214 g/mol. The van der Waals surface area contributed by atoms with Crippen molar-refractivity contribution in [1.29, 1.82) is 0 Å². The van der Waals surface area contributed by atoms with E-state index in [1.807, 2.05) is 44.2 Å². The van der Waals surface area contributed by atoms with Crippen LogP contribution in [0.5, 0.6) is 5.75 Å². The minimum atomic E-state index is 0.735. The van der Waals surface area contributed by atoms with Gasteiger partial charge < -0.3 is 9.30 Å². The summed E-state index contributed by atoms with van der Waals surface area (Å²) >= 11 is 0. The van der Waals surface area contributed by atoms with Crippen molar-refractivity contribution in [2.24, 2.45) is 0 Å². The monoisotopic (exact) mass is 229 g/mol. The van der Waals surface area contributed by atoms with E-state index in [0.29, 0.717) is 0 Å². The van der Waals surface area contributed by atoms with Crippen molar-refractivity contribution in [1.82, 2.24) is 4.57 Å². The number of carbonyl (C=O) groups is 1. The first-order valence-electron chi connectivity index (χ1n) is 5.46. The summed E-state index contributed by atoms with van der Waals surface area (Å²) in [7, 11) is 1.64. The number of methoxy groups -OCH3 is 1. The van der Waals surface area contributed by atoms with Gasteiger partial charge in [-0.2, -0.15) is 0 Å². The topological polar surface area (TPSA) is 31.2 Å². The molecule has 0 N–H and O–H groups in total. The molecular formula is C14H15NO2. The zero-order valence-electron chi connectivity index (χ0n) is 10.2. The van der Waals surface area contributed by atoms with Crippen molar-refractivity contribution in [2.45, 2.75) is 13.8 Å². The van der Waals surface area contributed by atoms with Gasteiger partial charge in [0.05, 0.1) is 7.11 Å². The Bertz CT molecular complexity index is 538. The van der Waals surface area contributed by atoms with Gasteiger partial charge in [-0.05, 0) is 44.2 Å². The maximum absolute atomic E-state index is 10.9. The van der Waals surface area contributed by atoms with Gasteiger partial charge in [0.25, 0.3) is 0 Å². The Morgan fingerprint density at radius 1 is 1.18 bits per heavy atom. The highest BCUT2D eigenvalue weighted by molar-refractivity contribution is 5.77. The summed E-state index contributed by atoms with van der Waals surface area (Å²) < 4.78 is 7.19. The van der Waals surface area contributed by atoms with Crippen LogP contribution in [0.25, 0.3) is 5.69 Å². The summed E-state index contributed by atoms with van der Waals surface area (Å²) in [5.41, 5.74) is 3.78. The number of hydrogen-bond donors (Lipinski definition) is 0. The molecule has 0 saturated heterocycles. The average Bonchev–Trinajstić information content (AvgIpc) is 2.64. The zero-order valence-corrected chi connectivity index (χ0v) is 10.2. The molecule has 2 rings (SSSR count). The van der Waals surface area contributed by atoms with Crippen LogP contribution < -0.4 is 4.74 Å². The van der Waals surface area contributed by atoms with E-state index < -0.39 is 0 Å². The van der Waals surface area contributed by atoms with Crippen LogP contribution in [0.15, 0.2) is 30.3 Å². The third-order valence-electron chi connectivity index (χ3n) is 2.93. The van der Waals surface area contributed by atoms with Crippen LogP contribution in [-0.4, -0.2) is 18.0 Å². The predicted octanol–water partition coefficient (Wildman–Crippen LogP) is 2.92. The summed E-state index contributed by atoms with van der Waals surface area (Å²) in [6, 6.07) is 9.68. The maximum Gasteiger partial charge on any atom is 0.151 e. The summed E-state index contributed by atoms with van der Waals surface area (Å²) in [6.07, 6.45) is 0.891. The molecule has 0 spiro atoms. The molecule has 0 aliphatic carbocycles. The number of nitrogens with zero attached hydrogens (tertiary/aromatic N) is 1. The van der Waals surface area contributed by atoms with Gasteiger partial charge in [-0.1, -0.05) is 0 Å². The summed E-state index contributed by atoms with van der Waals surface area (Å²) in [4.78, 5) is 10.9. The smallest absolute Gasteiger partial charge is 0.151 e. The molecule has 0 atom stereocenters. The average molecular weight is 229 g/mol. The first-order chi connectivity index (χ1) is 8.17. The fourth-order valence-electron chi connectivity index (χ4n) is 2.04. The molecule has 0 radical (unpaired) electrons. The van der Waals surface area contributed by atoms with E-state index in [9.17, 15) is 4.79 Å². The Balaban J connectivity index is 2.52. The molecule has 0 aliphatic rings. The fourth-order valence-corrected chi connectivity index (χ4v) is 2.04. The van der Waals surface area contributed by atoms with Crippen LogP contribution in [0.4, 0.5) is 0 Å². The van der Waals surface area contributed by atoms with Gasteiger partial charge in [0, 0.05) is 22.6 Å². The van der Waals surface area contributed by atoms with Gasteiger partial charge in [0.15, 0.2) is 6.29 Å². The highest BCUT2D eigenvalue weighted by Gasteiger charge is 2.09. The second kappa shape index (κ2) is 4.45. The lowest BCUT2D eigenvalue weighted by molar-refractivity contribution is 0.112. The Morgan fingerprint density at radius 3 is 2.29 bits per heavy atom. The first kappa shape index (κ1) is 11.5. The van der Waals surface area contributed by atoms with E-state index >= 15 is 0 Å². The quantitative estimate of drug-likeness (QED) is 0.758. The number of carbonyl (C=O) groups excluding carboxylic acids is 1. The van der Waals surface area contributed by atoms with Crippen LogP contribution in [0.2, 0.25) is 0 Å². The van der Waals surface area contributed by atoms with E-state index in [-0.39, 0.29) is 0 Å². The molecule has 0 amide bonds.